The summed E-state index contributed by atoms with van der Waals surface area (Å²) in [6, 6.07) is 3.58. The van der Waals surface area contributed by atoms with E-state index in [1.54, 1.807) is 0 Å². The highest BCUT2D eigenvalue weighted by Crippen LogP contribution is 2.25. The Bertz CT molecular complexity index is 511. The van der Waals surface area contributed by atoms with Crippen LogP contribution in [0.15, 0.2) is 23.1 Å². The molecule has 0 saturated heterocycles. The maximum absolute atomic E-state index is 11.2. The van der Waals surface area contributed by atoms with E-state index in [-0.39, 0.29) is 22.6 Å². The molecule has 0 unspecified atom stereocenters. The lowest BCUT2D eigenvalue weighted by atomic mass is 10.1. The number of nitrogens with zero attached hydrogens (tertiary/aromatic N) is 1. The van der Waals surface area contributed by atoms with Gasteiger partial charge in [0.15, 0.2) is 0 Å². The Morgan fingerprint density at radius 3 is 2.50 bits per heavy atom. The fourth-order valence-corrected chi connectivity index (χ4v) is 2.17. The van der Waals surface area contributed by atoms with Gasteiger partial charge in [-0.05, 0) is 6.07 Å². The lowest BCUT2D eigenvalue weighted by Crippen LogP contribution is -2.16. The third kappa shape index (κ3) is 2.54. The minimum absolute atomic E-state index is 0.0718. The van der Waals surface area contributed by atoms with Gasteiger partial charge in [-0.15, -0.1) is 0 Å². The second-order valence-electron chi connectivity index (χ2n) is 3.03. The van der Waals surface area contributed by atoms with Crippen molar-refractivity contribution < 1.29 is 18.4 Å². The number of nitrogens with two attached hydrogens (primary N) is 1. The average molecular weight is 246 g/mol. The van der Waals surface area contributed by atoms with Crippen molar-refractivity contribution in [1.82, 2.24) is 0 Å². The number of sulfonamides is 1. The molecule has 0 bridgehead atoms. The van der Waals surface area contributed by atoms with E-state index in [1.165, 1.54) is 18.2 Å². The van der Waals surface area contributed by atoms with Crippen molar-refractivity contribution in [2.24, 2.45) is 5.14 Å². The van der Waals surface area contributed by atoms with E-state index in [9.17, 15) is 18.5 Å². The van der Waals surface area contributed by atoms with Crippen LogP contribution in [0.3, 0.4) is 0 Å². The highest BCUT2D eigenvalue weighted by Gasteiger charge is 2.22. The first-order chi connectivity index (χ1) is 7.38. The molecule has 0 radical (unpaired) electrons. The zero-order chi connectivity index (χ0) is 12.3. The van der Waals surface area contributed by atoms with Gasteiger partial charge in [0.25, 0.3) is 5.69 Å². The summed E-state index contributed by atoms with van der Waals surface area (Å²) in [6.07, 6.45) is -0.136. The third-order valence-corrected chi connectivity index (χ3v) is 2.97. The predicted octanol–water partition coefficient (Wildman–Crippen LogP) is -0.223. The van der Waals surface area contributed by atoms with E-state index in [0.29, 0.717) is 0 Å². The van der Waals surface area contributed by atoms with E-state index in [4.69, 9.17) is 10.2 Å². The zero-order valence-corrected chi connectivity index (χ0v) is 8.98. The van der Waals surface area contributed by atoms with Gasteiger partial charge in [-0.2, -0.15) is 0 Å². The van der Waals surface area contributed by atoms with Crippen LogP contribution in [0.2, 0.25) is 0 Å². The number of hydrogen-bond acceptors (Lipinski definition) is 5. The van der Waals surface area contributed by atoms with E-state index in [0.717, 1.165) is 0 Å². The first-order valence-corrected chi connectivity index (χ1v) is 5.82. The molecule has 1 aromatic carbocycles. The summed E-state index contributed by atoms with van der Waals surface area (Å²) in [5, 5.41) is 24.3. The summed E-state index contributed by atoms with van der Waals surface area (Å²) < 4.78 is 22.4. The molecule has 0 amide bonds. The Labute approximate surface area is 91.7 Å². The van der Waals surface area contributed by atoms with E-state index < -0.39 is 21.6 Å². The number of primary sulfonamides is 1. The molecule has 3 N–H and O–H groups in total. The second kappa shape index (κ2) is 4.56. The van der Waals surface area contributed by atoms with Gasteiger partial charge in [0.05, 0.1) is 15.4 Å². The van der Waals surface area contributed by atoms with Crippen molar-refractivity contribution >= 4 is 15.7 Å². The molecule has 88 valence electrons. The summed E-state index contributed by atoms with van der Waals surface area (Å²) in [4.78, 5) is 9.63. The maximum atomic E-state index is 11.2. The Kier molecular flexibility index (Phi) is 3.58. The number of aliphatic hydroxyl groups is 1. The van der Waals surface area contributed by atoms with Gasteiger partial charge in [-0.1, -0.05) is 6.07 Å². The highest BCUT2D eigenvalue weighted by molar-refractivity contribution is 7.89. The molecule has 0 spiro atoms. The molecule has 0 aliphatic heterocycles. The number of rotatable bonds is 4. The number of benzene rings is 1. The third-order valence-electron chi connectivity index (χ3n) is 1.97. The van der Waals surface area contributed by atoms with E-state index >= 15 is 0 Å². The van der Waals surface area contributed by atoms with Crippen LogP contribution in [-0.4, -0.2) is 25.1 Å². The summed E-state index contributed by atoms with van der Waals surface area (Å²) >= 11 is 0. The van der Waals surface area contributed by atoms with E-state index in [1.807, 2.05) is 0 Å². The van der Waals surface area contributed by atoms with Crippen LogP contribution in [0.25, 0.3) is 0 Å². The smallest absolute Gasteiger partial charge is 0.274 e. The molecule has 7 nitrogen and oxygen atoms in total. The Balaban J connectivity index is 3.51. The number of nitro benzene ring substituents is 1. The van der Waals surface area contributed by atoms with Crippen molar-refractivity contribution in [1.29, 1.82) is 0 Å². The van der Waals surface area contributed by atoms with Gasteiger partial charge in [0.1, 0.15) is 0 Å². The summed E-state index contributed by atoms with van der Waals surface area (Å²) in [5.74, 6) is 0. The lowest BCUT2D eigenvalue weighted by molar-refractivity contribution is -0.385. The molecule has 1 rings (SSSR count). The van der Waals surface area contributed by atoms with Crippen molar-refractivity contribution in [3.63, 3.8) is 0 Å². The summed E-state index contributed by atoms with van der Waals surface area (Å²) in [5.41, 5.74) is -0.432. The first-order valence-electron chi connectivity index (χ1n) is 4.28. The summed E-state index contributed by atoms with van der Waals surface area (Å²) in [7, 11) is -4.03. The molecule has 0 saturated carbocycles. The minimum Gasteiger partial charge on any atom is -0.396 e. The normalized spacial score (nSPS) is 11.4. The fraction of sp³-hybridized carbons (Fsp3) is 0.250. The SMILES string of the molecule is NS(=O)(=O)c1cccc([N+](=O)[O-])c1CCO. The van der Waals surface area contributed by atoms with Crippen molar-refractivity contribution in [2.45, 2.75) is 11.3 Å². The van der Waals surface area contributed by atoms with E-state index in [2.05, 4.69) is 0 Å². The molecule has 0 aliphatic carbocycles. The van der Waals surface area contributed by atoms with Gasteiger partial charge < -0.3 is 5.11 Å². The van der Waals surface area contributed by atoms with Crippen molar-refractivity contribution in [2.75, 3.05) is 6.61 Å². The van der Waals surface area contributed by atoms with Gasteiger partial charge in [-0.25, -0.2) is 13.6 Å². The van der Waals surface area contributed by atoms with Gasteiger partial charge in [0.2, 0.25) is 10.0 Å². The van der Waals surface area contributed by atoms with Gasteiger partial charge in [-0.3, -0.25) is 10.1 Å². The van der Waals surface area contributed by atoms with Crippen LogP contribution in [0, 0.1) is 10.1 Å². The molecule has 0 fully saturated rings. The Morgan fingerprint density at radius 1 is 1.44 bits per heavy atom. The zero-order valence-electron chi connectivity index (χ0n) is 8.16. The van der Waals surface area contributed by atoms with Crippen LogP contribution < -0.4 is 5.14 Å². The second-order valence-corrected chi connectivity index (χ2v) is 4.56. The molecule has 8 heteroatoms. The Morgan fingerprint density at radius 2 is 2.06 bits per heavy atom. The lowest BCUT2D eigenvalue weighted by Gasteiger charge is -2.06. The fourth-order valence-electron chi connectivity index (χ4n) is 1.35. The molecule has 16 heavy (non-hydrogen) atoms. The monoisotopic (exact) mass is 246 g/mol. The molecule has 0 aliphatic rings. The largest absolute Gasteiger partial charge is 0.396 e. The van der Waals surface area contributed by atoms with Crippen molar-refractivity contribution in [3.05, 3.63) is 33.9 Å². The molecular weight excluding hydrogens is 236 g/mol. The van der Waals surface area contributed by atoms with Gasteiger partial charge in [0, 0.05) is 19.1 Å². The molecule has 0 atom stereocenters. The summed E-state index contributed by atoms with van der Waals surface area (Å²) in [6.45, 7) is -0.395. The van der Waals surface area contributed by atoms with Crippen LogP contribution in [0.4, 0.5) is 5.69 Å². The number of nitro groups is 1. The maximum Gasteiger partial charge on any atom is 0.274 e. The van der Waals surface area contributed by atoms with Crippen molar-refractivity contribution in [3.8, 4) is 0 Å². The highest BCUT2D eigenvalue weighted by atomic mass is 32.2. The topological polar surface area (TPSA) is 124 Å². The van der Waals surface area contributed by atoms with Crippen LogP contribution >= 0.6 is 0 Å². The molecule has 1 aromatic rings. The van der Waals surface area contributed by atoms with Crippen LogP contribution in [0.5, 0.6) is 0 Å². The average Bonchev–Trinajstić information content (AvgIpc) is 2.16. The molecule has 0 heterocycles. The van der Waals surface area contributed by atoms with Crippen LogP contribution in [0.1, 0.15) is 5.56 Å². The number of hydrogen-bond donors (Lipinski definition) is 2. The Hall–Kier alpha value is -1.51. The minimum atomic E-state index is -4.03. The quantitative estimate of drug-likeness (QED) is 0.561. The molecule has 0 aromatic heterocycles. The first kappa shape index (κ1) is 12.6. The molecular formula is C8H10N2O5S. The van der Waals surface area contributed by atoms with Crippen LogP contribution in [-0.2, 0) is 16.4 Å². The number of aliphatic hydroxyl groups excluding tert-OH is 1. The van der Waals surface area contributed by atoms with Gasteiger partial charge >= 0.3 is 0 Å². The predicted molar refractivity (Wildman–Crippen MR) is 55.3 cm³/mol. The standard InChI is InChI=1S/C8H10N2O5S/c9-16(14,15)8-3-1-2-7(10(12)13)6(8)4-5-11/h1-3,11H,4-5H2,(H2,9,14,15).